The summed E-state index contributed by atoms with van der Waals surface area (Å²) in [7, 11) is 1.62. The number of hydrogen-bond acceptors (Lipinski definition) is 12. The van der Waals surface area contributed by atoms with E-state index in [9.17, 15) is 15.2 Å². The van der Waals surface area contributed by atoms with Crippen LogP contribution in [0.3, 0.4) is 0 Å². The van der Waals surface area contributed by atoms with Gasteiger partial charge in [0.05, 0.1) is 50.7 Å². The molecule has 2 N–H and O–H groups in total. The molecule has 1 amide bonds. The highest BCUT2D eigenvalue weighted by Gasteiger charge is 2.34. The highest BCUT2D eigenvalue weighted by atomic mass is 16.5. The summed E-state index contributed by atoms with van der Waals surface area (Å²) in [6.07, 6.45) is 0.360. The molecule has 224 valence electrons. The number of pyridine rings is 1. The average Bonchev–Trinajstić information content (AvgIpc) is 2.98. The van der Waals surface area contributed by atoms with Gasteiger partial charge in [-0.2, -0.15) is 10.2 Å². The van der Waals surface area contributed by atoms with Crippen LogP contribution in [0, 0.1) is 11.3 Å². The maximum absolute atomic E-state index is 11.9. The number of likely N-dealkylation sites (tertiary alicyclic amines) is 1. The second-order valence-electron chi connectivity index (χ2n) is 10.8. The van der Waals surface area contributed by atoms with Gasteiger partial charge in [-0.25, -0.2) is 9.97 Å². The number of ether oxygens (including phenoxy) is 3. The third-order valence-corrected chi connectivity index (χ3v) is 7.93. The van der Waals surface area contributed by atoms with Crippen molar-refractivity contribution in [3.63, 3.8) is 0 Å². The van der Waals surface area contributed by atoms with Crippen molar-refractivity contribution in [2.75, 3.05) is 69.8 Å². The van der Waals surface area contributed by atoms with Gasteiger partial charge in [0.2, 0.25) is 11.8 Å². The largest absolute Gasteiger partial charge is 0.485 e. The highest BCUT2D eigenvalue weighted by Crippen LogP contribution is 2.31. The number of nitrogens with one attached hydrogen (secondary N) is 1. The fourth-order valence-electron chi connectivity index (χ4n) is 5.37. The van der Waals surface area contributed by atoms with E-state index < -0.39 is 6.10 Å². The highest BCUT2D eigenvalue weighted by molar-refractivity contribution is 5.81. The van der Waals surface area contributed by atoms with Crippen molar-refractivity contribution in [3.8, 4) is 29.0 Å². The molecule has 0 unspecified atom stereocenters. The summed E-state index contributed by atoms with van der Waals surface area (Å²) < 4.78 is 16.9. The number of nitrogens with zero attached hydrogens (tertiary/aromatic N) is 7. The van der Waals surface area contributed by atoms with Gasteiger partial charge in [0.1, 0.15) is 35.5 Å². The van der Waals surface area contributed by atoms with E-state index >= 15 is 0 Å². The molecule has 1 atom stereocenters. The van der Waals surface area contributed by atoms with E-state index in [0.29, 0.717) is 53.8 Å². The third kappa shape index (κ3) is 6.17. The Labute approximate surface area is 249 Å². The Balaban J connectivity index is 1.11. The van der Waals surface area contributed by atoms with Crippen molar-refractivity contribution in [3.05, 3.63) is 48.2 Å². The SMILES string of the molecule is COc1nc(Nc2nccc(-c3ccc(OC4CN(C(=O)[C@H](C)O)C4)c(C#N)c3)n2)ccc1N1CCN(C2COC2)CC1. The molecule has 0 saturated carbocycles. The molecule has 0 radical (unpaired) electrons. The number of nitriles is 1. The molecule has 13 nitrogen and oxygen atoms in total. The van der Waals surface area contributed by atoms with Crippen LogP contribution in [-0.2, 0) is 9.53 Å². The van der Waals surface area contributed by atoms with E-state index in [0.717, 1.165) is 50.6 Å². The number of aliphatic hydroxyl groups excluding tert-OH is 1. The Morgan fingerprint density at radius 2 is 1.93 bits per heavy atom. The maximum Gasteiger partial charge on any atom is 0.251 e. The van der Waals surface area contributed by atoms with Crippen molar-refractivity contribution in [2.45, 2.75) is 25.2 Å². The molecule has 1 aromatic carbocycles. The van der Waals surface area contributed by atoms with E-state index in [-0.39, 0.29) is 12.0 Å². The zero-order valence-corrected chi connectivity index (χ0v) is 24.1. The monoisotopic (exact) mass is 586 g/mol. The predicted molar refractivity (Wildman–Crippen MR) is 157 cm³/mol. The van der Waals surface area contributed by atoms with Crippen LogP contribution in [0.4, 0.5) is 17.5 Å². The minimum Gasteiger partial charge on any atom is -0.485 e. The van der Waals surface area contributed by atoms with Gasteiger partial charge in [0, 0.05) is 37.9 Å². The molecule has 3 saturated heterocycles. The minimum atomic E-state index is -1.04. The molecule has 3 fully saturated rings. The van der Waals surface area contributed by atoms with Gasteiger partial charge in [-0.3, -0.25) is 9.69 Å². The Kier molecular flexibility index (Phi) is 8.24. The van der Waals surface area contributed by atoms with Crippen molar-refractivity contribution < 1.29 is 24.1 Å². The molecule has 0 spiro atoms. The van der Waals surface area contributed by atoms with E-state index in [1.807, 2.05) is 18.2 Å². The van der Waals surface area contributed by atoms with Crippen molar-refractivity contribution in [1.29, 1.82) is 5.26 Å². The van der Waals surface area contributed by atoms with E-state index in [4.69, 9.17) is 14.2 Å². The summed E-state index contributed by atoms with van der Waals surface area (Å²) in [4.78, 5) is 31.8. The molecule has 43 heavy (non-hydrogen) atoms. The van der Waals surface area contributed by atoms with Crippen LogP contribution in [0.2, 0.25) is 0 Å². The molecule has 0 bridgehead atoms. The van der Waals surface area contributed by atoms with Crippen LogP contribution in [0.25, 0.3) is 11.3 Å². The minimum absolute atomic E-state index is 0.238. The van der Waals surface area contributed by atoms with Crippen molar-refractivity contribution >= 4 is 23.4 Å². The van der Waals surface area contributed by atoms with Crippen molar-refractivity contribution in [1.82, 2.24) is 24.8 Å². The molecular weight excluding hydrogens is 552 g/mol. The van der Waals surface area contributed by atoms with E-state index in [1.165, 1.54) is 11.8 Å². The molecular formula is C30H34N8O5. The van der Waals surface area contributed by atoms with Gasteiger partial charge < -0.3 is 34.4 Å². The number of anilines is 3. The Morgan fingerprint density at radius 1 is 1.14 bits per heavy atom. The fourth-order valence-corrected chi connectivity index (χ4v) is 5.37. The summed E-state index contributed by atoms with van der Waals surface area (Å²) >= 11 is 0. The summed E-state index contributed by atoms with van der Waals surface area (Å²) in [5, 5.41) is 22.4. The second kappa shape index (κ2) is 12.4. The van der Waals surface area contributed by atoms with Crippen LogP contribution in [0.1, 0.15) is 12.5 Å². The number of hydrogen-bond donors (Lipinski definition) is 2. The number of piperazine rings is 1. The standard InChI is InChI=1S/C30H34N8O5/c1-19(39)29(40)38-15-23(16-38)43-26-5-3-20(13-21(26)14-31)24-7-8-32-30(33-24)35-27-6-4-25(28(34-27)41-2)37-11-9-36(10-12-37)22-17-42-18-22/h3-8,13,19,22-23,39H,9-12,15-18H2,1-2H3,(H,32,33,34,35)/t19-/m0/s1. The number of carbonyl (C=O) groups is 1. The number of benzene rings is 1. The Hall–Kier alpha value is -4.51. The Morgan fingerprint density at radius 3 is 2.60 bits per heavy atom. The summed E-state index contributed by atoms with van der Waals surface area (Å²) in [6, 6.07) is 13.6. The van der Waals surface area contributed by atoms with Crippen LogP contribution in [-0.4, -0.2) is 114 Å². The van der Waals surface area contributed by atoms with Gasteiger partial charge in [0.15, 0.2) is 0 Å². The summed E-state index contributed by atoms with van der Waals surface area (Å²) in [5.41, 5.74) is 2.65. The molecule has 3 aliphatic heterocycles. The first-order valence-corrected chi connectivity index (χ1v) is 14.3. The molecule has 0 aliphatic carbocycles. The molecule has 6 rings (SSSR count). The van der Waals surface area contributed by atoms with E-state index in [1.54, 1.807) is 31.5 Å². The zero-order chi connectivity index (χ0) is 29.9. The first-order chi connectivity index (χ1) is 20.9. The van der Waals surface area contributed by atoms with Crippen LogP contribution >= 0.6 is 0 Å². The fraction of sp³-hybridized carbons (Fsp3) is 0.433. The van der Waals surface area contributed by atoms with Crippen LogP contribution in [0.5, 0.6) is 11.6 Å². The molecule has 5 heterocycles. The first-order valence-electron chi connectivity index (χ1n) is 14.3. The molecule has 2 aromatic heterocycles. The molecule has 13 heteroatoms. The Bertz CT molecular complexity index is 1510. The lowest BCUT2D eigenvalue weighted by atomic mass is 10.1. The number of amides is 1. The van der Waals surface area contributed by atoms with Crippen LogP contribution < -0.4 is 19.7 Å². The van der Waals surface area contributed by atoms with Crippen molar-refractivity contribution in [2.24, 2.45) is 0 Å². The van der Waals surface area contributed by atoms with Gasteiger partial charge in [-0.05, 0) is 43.3 Å². The number of aliphatic hydroxyl groups is 1. The van der Waals surface area contributed by atoms with Gasteiger partial charge >= 0.3 is 0 Å². The lowest BCUT2D eigenvalue weighted by molar-refractivity contribution is -0.148. The van der Waals surface area contributed by atoms with Gasteiger partial charge in [0.25, 0.3) is 5.91 Å². The number of carbonyl (C=O) groups excluding carboxylic acids is 1. The number of rotatable bonds is 9. The smallest absolute Gasteiger partial charge is 0.251 e. The number of aromatic nitrogens is 3. The zero-order valence-electron chi connectivity index (χ0n) is 24.1. The normalized spacial score (nSPS) is 18.3. The van der Waals surface area contributed by atoms with E-state index in [2.05, 4.69) is 36.1 Å². The summed E-state index contributed by atoms with van der Waals surface area (Å²) in [5.74, 6) is 1.53. The predicted octanol–water partition coefficient (Wildman–Crippen LogP) is 1.65. The lowest BCUT2D eigenvalue weighted by Gasteiger charge is -2.43. The summed E-state index contributed by atoms with van der Waals surface area (Å²) in [6.45, 7) is 7.55. The maximum atomic E-state index is 11.9. The third-order valence-electron chi connectivity index (χ3n) is 7.93. The molecule has 3 aliphatic rings. The average molecular weight is 587 g/mol. The second-order valence-corrected chi connectivity index (χ2v) is 10.8. The van der Waals surface area contributed by atoms with Crippen LogP contribution in [0.15, 0.2) is 42.6 Å². The van der Waals surface area contributed by atoms with Gasteiger partial charge in [-0.15, -0.1) is 0 Å². The first kappa shape index (κ1) is 28.6. The lowest BCUT2D eigenvalue weighted by Crippen LogP contribution is -2.58. The quantitative estimate of drug-likeness (QED) is 0.375. The molecule has 3 aromatic rings. The van der Waals surface area contributed by atoms with Gasteiger partial charge in [-0.1, -0.05) is 0 Å². The number of methoxy groups -OCH3 is 1. The topological polar surface area (TPSA) is 149 Å².